The van der Waals surface area contributed by atoms with Crippen LogP contribution >= 0.6 is 0 Å². The van der Waals surface area contributed by atoms with E-state index in [1.54, 1.807) is 14.2 Å². The van der Waals surface area contributed by atoms with E-state index in [1.807, 2.05) is 60.7 Å². The summed E-state index contributed by atoms with van der Waals surface area (Å²) in [7, 11) is 3.41. The average molecular weight is 801 g/mol. The van der Waals surface area contributed by atoms with Gasteiger partial charge in [-0.05, 0) is 78.9 Å². The molecule has 60 heavy (non-hydrogen) atoms. The normalized spacial score (nSPS) is 17.6. The molecule has 2 aliphatic heterocycles. The van der Waals surface area contributed by atoms with Gasteiger partial charge >= 0.3 is 0 Å². The molecule has 6 aromatic rings. The molecule has 0 N–H and O–H groups in total. The lowest BCUT2D eigenvalue weighted by Gasteiger charge is -2.38. The van der Waals surface area contributed by atoms with Gasteiger partial charge < -0.3 is 28.4 Å². The third-order valence-corrected chi connectivity index (χ3v) is 11.8. The summed E-state index contributed by atoms with van der Waals surface area (Å²) < 4.78 is 39.0. The molecule has 0 aromatic heterocycles. The summed E-state index contributed by atoms with van der Waals surface area (Å²) in [6.07, 6.45) is 17.9. The molecule has 0 fully saturated rings. The maximum atomic E-state index is 7.27. The highest BCUT2D eigenvalue weighted by molar-refractivity contribution is 6.02. The van der Waals surface area contributed by atoms with Crippen molar-refractivity contribution >= 4 is 22.9 Å². The molecule has 0 bridgehead atoms. The molecule has 2 aliphatic rings. The SMILES string of the molecule is CCCCCCOc1ccc(C2(c3ccccc3)C=Cc3c(ccc4ccc5c(c34)C=CC(c3ccccc3)(c3ccc(OCCCCCC)cc3OC)O5)O2)c(OC)c1. The number of hydrogen-bond donors (Lipinski definition) is 0. The standard InChI is InChI=1S/C54H56O6/c1-5-7-9-17-35-57-42-25-27-46(50(37-42)55-3)53(40-19-13-11-14-20-40)33-31-44-48(59-53)29-23-39-24-30-49-45(52(39)44)32-34-54(60-49,41-21-15-12-16-22-41)47-28-26-43(38-51(47)56-4)58-36-18-10-8-6-2/h11-16,19-34,37-38H,5-10,17-18,35-36H2,1-4H3. The summed E-state index contributed by atoms with van der Waals surface area (Å²) >= 11 is 0. The van der Waals surface area contributed by atoms with Crippen LogP contribution in [-0.4, -0.2) is 27.4 Å². The second-order valence-corrected chi connectivity index (χ2v) is 15.7. The number of methoxy groups -OCH3 is 2. The number of benzene rings is 6. The van der Waals surface area contributed by atoms with Crippen LogP contribution in [0, 0.1) is 0 Å². The van der Waals surface area contributed by atoms with Crippen molar-refractivity contribution in [1.29, 1.82) is 0 Å². The molecule has 8 rings (SSSR count). The number of hydrogen-bond acceptors (Lipinski definition) is 6. The van der Waals surface area contributed by atoms with Gasteiger partial charge in [0.2, 0.25) is 0 Å². The van der Waals surface area contributed by atoms with E-state index in [-0.39, 0.29) is 0 Å². The van der Waals surface area contributed by atoms with Crippen molar-refractivity contribution in [1.82, 2.24) is 0 Å². The Kier molecular flexibility index (Phi) is 12.5. The Morgan fingerprint density at radius 3 is 1.35 bits per heavy atom. The lowest BCUT2D eigenvalue weighted by molar-refractivity contribution is 0.156. The van der Waals surface area contributed by atoms with Crippen LogP contribution in [-0.2, 0) is 11.2 Å². The molecule has 2 unspecified atom stereocenters. The van der Waals surface area contributed by atoms with Crippen molar-refractivity contribution < 1.29 is 28.4 Å². The maximum Gasteiger partial charge on any atom is 0.181 e. The van der Waals surface area contributed by atoms with E-state index >= 15 is 0 Å². The Hall–Kier alpha value is -6.14. The van der Waals surface area contributed by atoms with Gasteiger partial charge in [0, 0.05) is 50.9 Å². The largest absolute Gasteiger partial charge is 0.496 e. The second-order valence-electron chi connectivity index (χ2n) is 15.7. The summed E-state index contributed by atoms with van der Waals surface area (Å²) in [4.78, 5) is 0. The van der Waals surface area contributed by atoms with Gasteiger partial charge in [-0.1, -0.05) is 125 Å². The monoisotopic (exact) mass is 800 g/mol. The van der Waals surface area contributed by atoms with Crippen molar-refractivity contribution in [3.05, 3.63) is 167 Å². The summed E-state index contributed by atoms with van der Waals surface area (Å²) in [5, 5.41) is 2.14. The summed E-state index contributed by atoms with van der Waals surface area (Å²) in [6, 6.07) is 41.2. The lowest BCUT2D eigenvalue weighted by Crippen LogP contribution is -2.35. The third kappa shape index (κ3) is 7.95. The van der Waals surface area contributed by atoms with Gasteiger partial charge in [-0.25, -0.2) is 0 Å². The molecule has 0 aliphatic carbocycles. The first-order chi connectivity index (χ1) is 29.5. The van der Waals surface area contributed by atoms with Crippen LogP contribution in [0.5, 0.6) is 34.5 Å². The summed E-state index contributed by atoms with van der Waals surface area (Å²) in [5.41, 5.74) is 3.82. The molecule has 0 saturated carbocycles. The fraction of sp³-hybridized carbons (Fsp3) is 0.296. The van der Waals surface area contributed by atoms with Gasteiger partial charge in [0.15, 0.2) is 11.2 Å². The molecule has 6 aromatic carbocycles. The molecular weight excluding hydrogens is 745 g/mol. The number of fused-ring (bicyclic) bond motifs is 5. The van der Waals surface area contributed by atoms with Crippen LogP contribution in [0.2, 0.25) is 0 Å². The van der Waals surface area contributed by atoms with Crippen LogP contribution in [0.3, 0.4) is 0 Å². The smallest absolute Gasteiger partial charge is 0.181 e. The number of ether oxygens (including phenoxy) is 6. The van der Waals surface area contributed by atoms with E-state index in [9.17, 15) is 0 Å². The Bertz CT molecular complexity index is 2290. The van der Waals surface area contributed by atoms with E-state index in [0.29, 0.717) is 24.7 Å². The molecule has 2 heterocycles. The van der Waals surface area contributed by atoms with Crippen LogP contribution in [0.15, 0.2) is 133 Å². The zero-order valence-corrected chi connectivity index (χ0v) is 35.4. The van der Waals surface area contributed by atoms with Gasteiger partial charge in [0.05, 0.1) is 27.4 Å². The molecule has 308 valence electrons. The van der Waals surface area contributed by atoms with Crippen LogP contribution < -0.4 is 28.4 Å². The minimum atomic E-state index is -0.960. The van der Waals surface area contributed by atoms with Gasteiger partial charge in [-0.3, -0.25) is 0 Å². The van der Waals surface area contributed by atoms with Crippen LogP contribution in [0.25, 0.3) is 22.9 Å². The van der Waals surface area contributed by atoms with Crippen molar-refractivity contribution in [2.75, 3.05) is 27.4 Å². The summed E-state index contributed by atoms with van der Waals surface area (Å²) in [6.45, 7) is 5.78. The fourth-order valence-electron chi connectivity index (χ4n) is 8.62. The van der Waals surface area contributed by atoms with E-state index in [4.69, 9.17) is 28.4 Å². The van der Waals surface area contributed by atoms with E-state index < -0.39 is 11.2 Å². The van der Waals surface area contributed by atoms with Gasteiger partial charge in [0.1, 0.15) is 34.5 Å². The van der Waals surface area contributed by atoms with Crippen molar-refractivity contribution in [3.63, 3.8) is 0 Å². The average Bonchev–Trinajstić information content (AvgIpc) is 3.31. The highest BCUT2D eigenvalue weighted by Gasteiger charge is 2.42. The second kappa shape index (κ2) is 18.4. The van der Waals surface area contributed by atoms with Crippen LogP contribution in [0.4, 0.5) is 0 Å². The minimum absolute atomic E-state index is 0.673. The Balaban J connectivity index is 1.18. The number of rotatable bonds is 18. The van der Waals surface area contributed by atoms with E-state index in [2.05, 4.69) is 98.8 Å². The molecule has 0 saturated heterocycles. The predicted molar refractivity (Wildman–Crippen MR) is 243 cm³/mol. The van der Waals surface area contributed by atoms with Crippen LogP contribution in [0.1, 0.15) is 98.6 Å². The van der Waals surface area contributed by atoms with E-state index in [0.717, 1.165) is 92.8 Å². The maximum absolute atomic E-state index is 7.27. The Morgan fingerprint density at radius 2 is 0.933 bits per heavy atom. The van der Waals surface area contributed by atoms with Crippen molar-refractivity contribution in [2.24, 2.45) is 0 Å². The van der Waals surface area contributed by atoms with Crippen molar-refractivity contribution in [3.8, 4) is 34.5 Å². The molecule has 6 nitrogen and oxygen atoms in total. The first-order valence-corrected chi connectivity index (χ1v) is 21.6. The molecular formula is C54H56O6. The molecule has 0 amide bonds. The quantitative estimate of drug-likeness (QED) is 0.0807. The van der Waals surface area contributed by atoms with Crippen molar-refractivity contribution in [2.45, 2.75) is 76.4 Å². The molecule has 0 spiro atoms. The zero-order chi connectivity index (χ0) is 41.4. The molecule has 6 heteroatoms. The van der Waals surface area contributed by atoms with E-state index in [1.165, 1.54) is 25.7 Å². The topological polar surface area (TPSA) is 55.4 Å². The van der Waals surface area contributed by atoms with Gasteiger partial charge in [0.25, 0.3) is 0 Å². The van der Waals surface area contributed by atoms with Gasteiger partial charge in [-0.15, -0.1) is 0 Å². The Labute approximate surface area is 355 Å². The summed E-state index contributed by atoms with van der Waals surface area (Å²) in [5.74, 6) is 4.50. The fourth-order valence-corrected chi connectivity index (χ4v) is 8.62. The Morgan fingerprint density at radius 1 is 0.483 bits per heavy atom. The molecule has 0 radical (unpaired) electrons. The zero-order valence-electron chi connectivity index (χ0n) is 35.4. The molecule has 2 atom stereocenters. The number of unbranched alkanes of at least 4 members (excludes halogenated alkanes) is 6. The van der Waals surface area contributed by atoms with Gasteiger partial charge in [-0.2, -0.15) is 0 Å². The third-order valence-electron chi connectivity index (χ3n) is 11.8. The highest BCUT2D eigenvalue weighted by atomic mass is 16.5. The lowest BCUT2D eigenvalue weighted by atomic mass is 9.81. The predicted octanol–water partition coefficient (Wildman–Crippen LogP) is 13.5. The minimum Gasteiger partial charge on any atom is -0.496 e. The highest BCUT2D eigenvalue weighted by Crippen LogP contribution is 2.51. The first-order valence-electron chi connectivity index (χ1n) is 21.6. The first kappa shape index (κ1) is 40.6.